The molecular weight excluding hydrogens is 386 g/mol. The van der Waals surface area contributed by atoms with Gasteiger partial charge >= 0.3 is 0 Å². The number of hydrogen-bond donors (Lipinski definition) is 0. The van der Waals surface area contributed by atoms with Crippen molar-refractivity contribution in [2.45, 2.75) is 54.9 Å². The van der Waals surface area contributed by atoms with E-state index in [9.17, 15) is 0 Å². The lowest BCUT2D eigenvalue weighted by Gasteiger charge is -1.88. The minimum Gasteiger partial charge on any atom is -0.0886 e. The van der Waals surface area contributed by atoms with Gasteiger partial charge < -0.3 is 0 Å². The molecule has 84 valence electrons. The molecule has 0 aliphatic heterocycles. The number of hydrogen-bond acceptors (Lipinski definition) is 0. The Kier molecular flexibility index (Phi) is 69.3. The van der Waals surface area contributed by atoms with E-state index in [0.717, 1.165) is 12.3 Å². The molecule has 0 spiro atoms. The molecule has 0 heterocycles. The van der Waals surface area contributed by atoms with Gasteiger partial charge in [-0.25, -0.2) is 0 Å². The Bertz CT molecular complexity index is 59.1. The van der Waals surface area contributed by atoms with E-state index in [1.54, 1.807) is 0 Å². The van der Waals surface area contributed by atoms with E-state index in [1.165, 1.54) is 0 Å². The van der Waals surface area contributed by atoms with Crippen molar-refractivity contribution in [3.8, 4) is 0 Å². The maximum Gasteiger partial charge on any atom is 0 e. The Hall–Kier alpha value is 1.20. The third-order valence-electron chi connectivity index (χ3n) is 0.757. The van der Waals surface area contributed by atoms with Crippen LogP contribution >= 0.6 is 37.2 Å². The van der Waals surface area contributed by atoms with Gasteiger partial charge in [-0.05, 0) is 12.3 Å². The minimum atomic E-state index is 0.722. The van der Waals surface area contributed by atoms with Crippen LogP contribution in [-0.2, 0) is 0 Å². The molecule has 0 saturated carbocycles. The molecule has 0 aliphatic rings. The quantitative estimate of drug-likeness (QED) is 0.362. The van der Waals surface area contributed by atoms with Crippen molar-refractivity contribution in [2.75, 3.05) is 0 Å². The smallest absolute Gasteiger partial charge is 0 e. The van der Waals surface area contributed by atoms with Gasteiger partial charge in [0.1, 0.15) is 0 Å². The fraction of sp³-hybridized carbons (Fsp3) is 0.818. The molecule has 0 aromatic carbocycles. The van der Waals surface area contributed by atoms with E-state index >= 15 is 0 Å². The van der Waals surface area contributed by atoms with E-state index in [2.05, 4.69) is 70.2 Å². The molecule has 0 saturated heterocycles. The molecule has 0 fully saturated rings. The fourth-order valence-electron chi connectivity index (χ4n) is 0.408. The lowest BCUT2D eigenvalue weighted by molar-refractivity contribution is 0.826. The first-order valence-corrected chi connectivity index (χ1v) is 11.4. The molecule has 0 N–H and O–H groups in total. The molecule has 0 rings (SSSR count). The zero-order valence-corrected chi connectivity index (χ0v) is 14.5. The van der Waals surface area contributed by atoms with Crippen LogP contribution in [0.1, 0.15) is 54.9 Å². The maximum absolute atomic E-state index is 2.22. The second kappa shape index (κ2) is 37.9. The summed E-state index contributed by atoms with van der Waals surface area (Å²) in [4.78, 5) is 0. The van der Waals surface area contributed by atoms with Crippen molar-refractivity contribution in [1.82, 2.24) is 0 Å². The van der Waals surface area contributed by atoms with Crippen LogP contribution in [-0.4, -0.2) is 0 Å². The van der Waals surface area contributed by atoms with Crippen LogP contribution in [0, 0.1) is 5.92 Å². The van der Waals surface area contributed by atoms with Crippen molar-refractivity contribution in [3.63, 3.8) is 0 Å². The van der Waals surface area contributed by atoms with Gasteiger partial charge in [0.25, 0.3) is 0 Å². The van der Waals surface area contributed by atoms with Crippen LogP contribution < -0.4 is 0 Å². The molecule has 0 unspecified atom stereocenters. The number of allylic oxidation sites excluding steroid dienone is 2. The highest BCUT2D eigenvalue weighted by Gasteiger charge is 1.78. The minimum absolute atomic E-state index is 0.722. The standard InChI is InChI=1S/C7H14.2C2H6.I2/c1-4-5-6-7(2)3;3*1-2/h5-7H,4H2,1-3H3;2*1-2H3;/b6-5-;;;. The van der Waals surface area contributed by atoms with E-state index in [1.807, 2.05) is 27.7 Å². The van der Waals surface area contributed by atoms with Crippen molar-refractivity contribution >= 4 is 37.2 Å². The summed E-state index contributed by atoms with van der Waals surface area (Å²) in [7, 11) is 0. The SMILES string of the molecule is CC.CC.CC/C=C\C(C)C.II. The average molecular weight is 412 g/mol. The Morgan fingerprint density at radius 2 is 1.31 bits per heavy atom. The van der Waals surface area contributed by atoms with Gasteiger partial charge in [0.2, 0.25) is 0 Å². The molecule has 0 bridgehead atoms. The summed E-state index contributed by atoms with van der Waals surface area (Å²) in [5.41, 5.74) is 0. The molecule has 0 aromatic heterocycles. The van der Waals surface area contributed by atoms with Gasteiger partial charge in [0.15, 0.2) is 0 Å². The van der Waals surface area contributed by atoms with Crippen LogP contribution in [0.15, 0.2) is 12.2 Å². The maximum atomic E-state index is 2.22. The molecule has 0 aliphatic carbocycles. The first-order chi connectivity index (χ1) is 6.27. The Labute approximate surface area is 109 Å². The Morgan fingerprint density at radius 3 is 1.38 bits per heavy atom. The molecule has 0 radical (unpaired) electrons. The average Bonchev–Trinajstić information content (AvgIpc) is 2.24. The summed E-state index contributed by atoms with van der Waals surface area (Å²) in [6.45, 7) is 14.5. The lowest BCUT2D eigenvalue weighted by atomic mass is 10.2. The summed E-state index contributed by atoms with van der Waals surface area (Å²) in [5.74, 6) is 0.722. The van der Waals surface area contributed by atoms with Crippen molar-refractivity contribution < 1.29 is 0 Å². The van der Waals surface area contributed by atoms with Gasteiger partial charge in [0, 0.05) is 37.2 Å². The number of rotatable bonds is 2. The second-order valence-electron chi connectivity index (χ2n) is 2.08. The molecule has 0 atom stereocenters. The third kappa shape index (κ3) is 61.2. The van der Waals surface area contributed by atoms with Crippen LogP contribution in [0.4, 0.5) is 0 Å². The third-order valence-corrected chi connectivity index (χ3v) is 0.757. The highest BCUT2D eigenvalue weighted by atomic mass is 128. The monoisotopic (exact) mass is 412 g/mol. The molecular formula is C11H26I2. The van der Waals surface area contributed by atoms with Gasteiger partial charge in [0.05, 0.1) is 0 Å². The molecule has 2 heteroatoms. The van der Waals surface area contributed by atoms with E-state index in [4.69, 9.17) is 0 Å². The summed E-state index contributed by atoms with van der Waals surface area (Å²) in [6.07, 6.45) is 5.59. The Balaban J connectivity index is -0.0000000573. The summed E-state index contributed by atoms with van der Waals surface area (Å²) in [6, 6.07) is 0. The first kappa shape index (κ1) is 23.8. The van der Waals surface area contributed by atoms with Gasteiger partial charge in [-0.1, -0.05) is 60.6 Å². The largest absolute Gasteiger partial charge is 0.0886 e. The fourth-order valence-corrected chi connectivity index (χ4v) is 0.408. The first-order valence-electron chi connectivity index (χ1n) is 5.08. The van der Waals surface area contributed by atoms with Crippen LogP contribution in [0.3, 0.4) is 0 Å². The zero-order valence-electron chi connectivity index (χ0n) is 10.2. The zero-order chi connectivity index (χ0) is 11.7. The van der Waals surface area contributed by atoms with Crippen molar-refractivity contribution in [2.24, 2.45) is 5.92 Å². The molecule has 0 amide bonds. The predicted octanol–water partition coefficient (Wildman–Crippen LogP) is 6.43. The van der Waals surface area contributed by atoms with E-state index < -0.39 is 0 Å². The normalized spacial score (nSPS) is 7.54. The van der Waals surface area contributed by atoms with Crippen LogP contribution in [0.2, 0.25) is 0 Å². The summed E-state index contributed by atoms with van der Waals surface area (Å²) >= 11 is 4.24. The predicted molar refractivity (Wildman–Crippen MR) is 85.0 cm³/mol. The van der Waals surface area contributed by atoms with Crippen molar-refractivity contribution in [1.29, 1.82) is 0 Å². The van der Waals surface area contributed by atoms with Crippen molar-refractivity contribution in [3.05, 3.63) is 12.2 Å². The summed E-state index contributed by atoms with van der Waals surface area (Å²) < 4.78 is 0. The topological polar surface area (TPSA) is 0 Å². The van der Waals surface area contributed by atoms with E-state index in [-0.39, 0.29) is 0 Å². The molecule has 13 heavy (non-hydrogen) atoms. The van der Waals surface area contributed by atoms with Gasteiger partial charge in [-0.3, -0.25) is 0 Å². The van der Waals surface area contributed by atoms with Gasteiger partial charge in [-0.15, -0.1) is 0 Å². The van der Waals surface area contributed by atoms with Crippen LogP contribution in [0.5, 0.6) is 0 Å². The number of halogens is 2. The highest BCUT2D eigenvalue weighted by Crippen LogP contribution is 1.93. The summed E-state index contributed by atoms with van der Waals surface area (Å²) in [5, 5.41) is 0. The second-order valence-corrected chi connectivity index (χ2v) is 2.08. The highest BCUT2D eigenvalue weighted by molar-refractivity contribution is 15.0. The van der Waals surface area contributed by atoms with E-state index in [0.29, 0.717) is 0 Å². The van der Waals surface area contributed by atoms with Gasteiger partial charge in [-0.2, -0.15) is 0 Å². The van der Waals surface area contributed by atoms with Crippen LogP contribution in [0.25, 0.3) is 0 Å². The Morgan fingerprint density at radius 1 is 1.00 bits per heavy atom. The molecule has 0 nitrogen and oxygen atoms in total. The molecule has 0 aromatic rings. The lowest BCUT2D eigenvalue weighted by Crippen LogP contribution is -1.74.